The fourth-order valence-corrected chi connectivity index (χ4v) is 3.33. The van der Waals surface area contributed by atoms with Crippen LogP contribution >= 0.6 is 15.9 Å². The molecule has 2 aromatic rings. The van der Waals surface area contributed by atoms with Gasteiger partial charge >= 0.3 is 0 Å². The number of aliphatic hydroxyl groups excluding tert-OH is 1. The summed E-state index contributed by atoms with van der Waals surface area (Å²) in [6.45, 7) is 0.430. The number of halogens is 2. The van der Waals surface area contributed by atoms with E-state index in [1.54, 1.807) is 4.90 Å². The number of carbonyl (C=O) groups excluding carboxylic acids is 2. The van der Waals surface area contributed by atoms with Gasteiger partial charge in [0.1, 0.15) is 11.7 Å². The predicted octanol–water partition coefficient (Wildman–Crippen LogP) is 2.79. The molecule has 2 N–H and O–H groups in total. The Kier molecular flexibility index (Phi) is 5.68. The Bertz CT molecular complexity index is 813. The van der Waals surface area contributed by atoms with E-state index in [1.165, 1.54) is 24.3 Å². The van der Waals surface area contributed by atoms with Gasteiger partial charge in [-0.15, -0.1) is 0 Å². The number of carbonyl (C=O) groups is 2. The number of aliphatic hydroxyl groups is 1. The molecule has 0 radical (unpaired) electrons. The standard InChI is InChI=1S/C19H18BrFN2O3/c20-13-2-1-3-15(10-13)23-9-8-16(19(23)26)18(25)22-11-17(24)12-4-6-14(21)7-5-12/h1-7,10,16-17,24H,8-9,11H2,(H,22,25). The van der Waals surface area contributed by atoms with Crippen LogP contribution in [0.5, 0.6) is 0 Å². The summed E-state index contributed by atoms with van der Waals surface area (Å²) in [5.41, 5.74) is 1.24. The molecule has 2 atom stereocenters. The van der Waals surface area contributed by atoms with E-state index < -0.39 is 23.7 Å². The number of anilines is 1. The summed E-state index contributed by atoms with van der Waals surface area (Å²) < 4.78 is 13.8. The first-order chi connectivity index (χ1) is 12.5. The third-order valence-electron chi connectivity index (χ3n) is 4.37. The van der Waals surface area contributed by atoms with Crippen molar-refractivity contribution in [1.29, 1.82) is 0 Å². The normalized spacial score (nSPS) is 18.0. The number of benzene rings is 2. The lowest BCUT2D eigenvalue weighted by atomic mass is 10.1. The Morgan fingerprint density at radius 1 is 1.31 bits per heavy atom. The monoisotopic (exact) mass is 420 g/mol. The number of nitrogens with one attached hydrogen (secondary N) is 1. The predicted molar refractivity (Wildman–Crippen MR) is 99.0 cm³/mol. The summed E-state index contributed by atoms with van der Waals surface area (Å²) in [6, 6.07) is 12.8. The average molecular weight is 421 g/mol. The molecule has 5 nitrogen and oxygen atoms in total. The van der Waals surface area contributed by atoms with Crippen LogP contribution in [0, 0.1) is 11.7 Å². The zero-order chi connectivity index (χ0) is 18.7. The molecule has 1 aliphatic rings. The molecular formula is C19H18BrFN2O3. The summed E-state index contributed by atoms with van der Waals surface area (Å²) >= 11 is 3.37. The van der Waals surface area contributed by atoms with Crippen molar-refractivity contribution in [3.8, 4) is 0 Å². The lowest BCUT2D eigenvalue weighted by Crippen LogP contribution is -2.38. The van der Waals surface area contributed by atoms with E-state index in [2.05, 4.69) is 21.2 Å². The maximum Gasteiger partial charge on any atom is 0.239 e. The van der Waals surface area contributed by atoms with Crippen molar-refractivity contribution in [2.75, 3.05) is 18.0 Å². The van der Waals surface area contributed by atoms with Crippen molar-refractivity contribution in [3.05, 3.63) is 64.4 Å². The molecule has 0 bridgehead atoms. The smallest absolute Gasteiger partial charge is 0.239 e. The van der Waals surface area contributed by atoms with E-state index in [1.807, 2.05) is 24.3 Å². The summed E-state index contributed by atoms with van der Waals surface area (Å²) in [5, 5.41) is 12.7. The van der Waals surface area contributed by atoms with E-state index in [0.717, 1.165) is 10.2 Å². The van der Waals surface area contributed by atoms with Gasteiger partial charge in [-0.3, -0.25) is 9.59 Å². The zero-order valence-corrected chi connectivity index (χ0v) is 15.4. The zero-order valence-electron chi connectivity index (χ0n) is 13.9. The van der Waals surface area contributed by atoms with Crippen molar-refractivity contribution in [3.63, 3.8) is 0 Å². The van der Waals surface area contributed by atoms with E-state index in [9.17, 15) is 19.1 Å². The fraction of sp³-hybridized carbons (Fsp3) is 0.263. The number of nitrogens with zero attached hydrogens (tertiary/aromatic N) is 1. The maximum absolute atomic E-state index is 12.9. The van der Waals surface area contributed by atoms with Crippen LogP contribution in [-0.4, -0.2) is 30.0 Å². The van der Waals surface area contributed by atoms with Gasteiger partial charge in [-0.1, -0.05) is 34.1 Å². The minimum Gasteiger partial charge on any atom is -0.387 e. The second-order valence-corrected chi connectivity index (χ2v) is 7.04. The minimum absolute atomic E-state index is 0.0366. The number of amides is 2. The molecule has 3 rings (SSSR count). The van der Waals surface area contributed by atoms with Crippen LogP contribution < -0.4 is 10.2 Å². The summed E-state index contributed by atoms with van der Waals surface area (Å²) in [4.78, 5) is 26.5. The topological polar surface area (TPSA) is 69.6 Å². The third kappa shape index (κ3) is 4.11. The van der Waals surface area contributed by atoms with Gasteiger partial charge in [-0.2, -0.15) is 0 Å². The Hall–Kier alpha value is -2.25. The minimum atomic E-state index is -0.961. The van der Waals surface area contributed by atoms with Gasteiger partial charge in [0.2, 0.25) is 11.8 Å². The molecule has 2 aromatic carbocycles. The van der Waals surface area contributed by atoms with Crippen LogP contribution in [-0.2, 0) is 9.59 Å². The van der Waals surface area contributed by atoms with Crippen LogP contribution in [0.2, 0.25) is 0 Å². The molecule has 26 heavy (non-hydrogen) atoms. The van der Waals surface area contributed by atoms with Gasteiger partial charge in [0.15, 0.2) is 0 Å². The molecule has 2 amide bonds. The SMILES string of the molecule is O=C(NCC(O)c1ccc(F)cc1)C1CCN(c2cccc(Br)c2)C1=O. The number of rotatable bonds is 5. The molecule has 7 heteroatoms. The number of hydrogen-bond acceptors (Lipinski definition) is 3. The maximum atomic E-state index is 12.9. The molecule has 0 aromatic heterocycles. The van der Waals surface area contributed by atoms with Crippen molar-refractivity contribution < 1.29 is 19.1 Å². The summed E-state index contributed by atoms with van der Waals surface area (Å²) in [6.07, 6.45) is -0.540. The molecule has 1 fully saturated rings. The van der Waals surface area contributed by atoms with Gasteiger partial charge < -0.3 is 15.3 Å². The third-order valence-corrected chi connectivity index (χ3v) is 4.86. The lowest BCUT2D eigenvalue weighted by molar-refractivity contribution is -0.132. The van der Waals surface area contributed by atoms with Crippen LogP contribution in [0.15, 0.2) is 53.0 Å². The Morgan fingerprint density at radius 3 is 2.73 bits per heavy atom. The van der Waals surface area contributed by atoms with Crippen LogP contribution in [0.3, 0.4) is 0 Å². The highest BCUT2D eigenvalue weighted by Crippen LogP contribution is 2.27. The number of hydrogen-bond donors (Lipinski definition) is 2. The molecule has 0 aliphatic carbocycles. The van der Waals surface area contributed by atoms with E-state index in [4.69, 9.17) is 0 Å². The highest BCUT2D eigenvalue weighted by Gasteiger charge is 2.37. The molecular weight excluding hydrogens is 403 g/mol. The highest BCUT2D eigenvalue weighted by atomic mass is 79.9. The van der Waals surface area contributed by atoms with Crippen molar-refractivity contribution in [2.24, 2.45) is 5.92 Å². The molecule has 136 valence electrons. The van der Waals surface area contributed by atoms with Crippen LogP contribution in [0.4, 0.5) is 10.1 Å². The first kappa shape index (κ1) is 18.5. The van der Waals surface area contributed by atoms with Gasteiger partial charge in [-0.25, -0.2) is 4.39 Å². The van der Waals surface area contributed by atoms with Gasteiger partial charge in [0.05, 0.1) is 6.10 Å². The van der Waals surface area contributed by atoms with E-state index >= 15 is 0 Å². The lowest BCUT2D eigenvalue weighted by Gasteiger charge is -2.17. The second kappa shape index (κ2) is 7.97. The van der Waals surface area contributed by atoms with Gasteiger partial charge in [0.25, 0.3) is 0 Å². The molecule has 1 saturated heterocycles. The van der Waals surface area contributed by atoms with Gasteiger partial charge in [0, 0.05) is 23.2 Å². The Morgan fingerprint density at radius 2 is 2.04 bits per heavy atom. The molecule has 2 unspecified atom stereocenters. The van der Waals surface area contributed by atoms with Gasteiger partial charge in [-0.05, 0) is 42.3 Å². The van der Waals surface area contributed by atoms with Crippen molar-refractivity contribution in [2.45, 2.75) is 12.5 Å². The van der Waals surface area contributed by atoms with Crippen LogP contribution in [0.1, 0.15) is 18.1 Å². The Balaban J connectivity index is 1.58. The summed E-state index contributed by atoms with van der Waals surface area (Å²) in [5.74, 6) is -1.82. The molecule has 1 heterocycles. The Labute approximate surface area is 158 Å². The molecule has 0 saturated carbocycles. The molecule has 1 aliphatic heterocycles. The van der Waals surface area contributed by atoms with Crippen molar-refractivity contribution in [1.82, 2.24) is 5.32 Å². The van der Waals surface area contributed by atoms with Crippen LogP contribution in [0.25, 0.3) is 0 Å². The molecule has 0 spiro atoms. The van der Waals surface area contributed by atoms with E-state index in [-0.39, 0.29) is 12.5 Å². The van der Waals surface area contributed by atoms with E-state index in [0.29, 0.717) is 18.5 Å². The first-order valence-electron chi connectivity index (χ1n) is 8.24. The van der Waals surface area contributed by atoms with Crippen molar-refractivity contribution >= 4 is 33.4 Å². The highest BCUT2D eigenvalue weighted by molar-refractivity contribution is 9.10. The fourth-order valence-electron chi connectivity index (χ4n) is 2.95. The average Bonchev–Trinajstić information content (AvgIpc) is 3.01. The summed E-state index contributed by atoms with van der Waals surface area (Å²) in [7, 11) is 0. The second-order valence-electron chi connectivity index (χ2n) is 6.12. The largest absolute Gasteiger partial charge is 0.387 e. The quantitative estimate of drug-likeness (QED) is 0.730. The first-order valence-corrected chi connectivity index (χ1v) is 9.03.